The van der Waals surface area contributed by atoms with Crippen molar-refractivity contribution < 1.29 is 9.13 Å². The molecule has 1 heterocycles. The van der Waals surface area contributed by atoms with E-state index in [-0.39, 0.29) is 11.9 Å². The molecule has 100 valence electrons. The van der Waals surface area contributed by atoms with E-state index in [1.807, 2.05) is 12.1 Å². The van der Waals surface area contributed by atoms with Crippen LogP contribution < -0.4 is 5.32 Å². The van der Waals surface area contributed by atoms with Crippen LogP contribution in [0.4, 0.5) is 4.39 Å². The van der Waals surface area contributed by atoms with Gasteiger partial charge >= 0.3 is 0 Å². The summed E-state index contributed by atoms with van der Waals surface area (Å²) in [5, 5.41) is 3.48. The summed E-state index contributed by atoms with van der Waals surface area (Å²) >= 11 is 0. The second-order valence-electron chi connectivity index (χ2n) is 4.97. The van der Waals surface area contributed by atoms with Crippen molar-refractivity contribution in [2.24, 2.45) is 5.92 Å². The summed E-state index contributed by atoms with van der Waals surface area (Å²) in [5.74, 6) is 0.455. The quantitative estimate of drug-likeness (QED) is 0.867. The number of rotatable bonds is 5. The summed E-state index contributed by atoms with van der Waals surface area (Å²) in [6.07, 6.45) is 3.25. The van der Waals surface area contributed by atoms with Crippen LogP contribution in [0.1, 0.15) is 37.8 Å². The smallest absolute Gasteiger partial charge is 0.127 e. The van der Waals surface area contributed by atoms with Gasteiger partial charge in [-0.05, 0) is 31.2 Å². The first-order chi connectivity index (χ1) is 8.81. The monoisotopic (exact) mass is 251 g/mol. The lowest BCUT2D eigenvalue weighted by Crippen LogP contribution is -2.32. The number of ether oxygens (including phenoxy) is 1. The van der Waals surface area contributed by atoms with E-state index in [1.165, 1.54) is 12.5 Å². The Morgan fingerprint density at radius 1 is 1.44 bits per heavy atom. The fraction of sp³-hybridized carbons (Fsp3) is 0.600. The summed E-state index contributed by atoms with van der Waals surface area (Å²) < 4.78 is 19.2. The largest absolute Gasteiger partial charge is 0.381 e. The van der Waals surface area contributed by atoms with Gasteiger partial charge in [0, 0.05) is 24.8 Å². The zero-order chi connectivity index (χ0) is 12.8. The molecule has 2 unspecified atom stereocenters. The van der Waals surface area contributed by atoms with E-state index in [4.69, 9.17) is 4.74 Å². The lowest BCUT2D eigenvalue weighted by atomic mass is 9.99. The van der Waals surface area contributed by atoms with Crippen LogP contribution in [0.2, 0.25) is 0 Å². The second-order valence-corrected chi connectivity index (χ2v) is 4.97. The van der Waals surface area contributed by atoms with Crippen molar-refractivity contribution in [2.75, 3.05) is 19.8 Å². The first-order valence-electron chi connectivity index (χ1n) is 6.86. The zero-order valence-electron chi connectivity index (χ0n) is 11.0. The van der Waals surface area contributed by atoms with Crippen molar-refractivity contribution in [3.05, 3.63) is 35.6 Å². The molecule has 0 aliphatic carbocycles. The van der Waals surface area contributed by atoms with Crippen LogP contribution in [0.3, 0.4) is 0 Å². The molecule has 0 saturated carbocycles. The topological polar surface area (TPSA) is 21.3 Å². The van der Waals surface area contributed by atoms with Crippen molar-refractivity contribution in [1.29, 1.82) is 0 Å². The third kappa shape index (κ3) is 3.53. The molecule has 2 rings (SSSR count). The van der Waals surface area contributed by atoms with Crippen LogP contribution in [0, 0.1) is 11.7 Å². The van der Waals surface area contributed by atoms with Crippen molar-refractivity contribution in [3.63, 3.8) is 0 Å². The summed E-state index contributed by atoms with van der Waals surface area (Å²) in [4.78, 5) is 0. The van der Waals surface area contributed by atoms with E-state index in [0.717, 1.165) is 38.2 Å². The van der Waals surface area contributed by atoms with Gasteiger partial charge < -0.3 is 10.1 Å². The minimum Gasteiger partial charge on any atom is -0.381 e. The molecular weight excluding hydrogens is 229 g/mol. The predicted octanol–water partition coefficient (Wildman–Crippen LogP) is 3.29. The Morgan fingerprint density at radius 3 is 2.94 bits per heavy atom. The maximum Gasteiger partial charge on any atom is 0.127 e. The van der Waals surface area contributed by atoms with Gasteiger partial charge in [-0.25, -0.2) is 4.39 Å². The lowest BCUT2D eigenvalue weighted by Gasteiger charge is -2.25. The highest BCUT2D eigenvalue weighted by Crippen LogP contribution is 2.21. The Labute approximate surface area is 109 Å². The minimum absolute atomic E-state index is 0.105. The van der Waals surface area contributed by atoms with Crippen molar-refractivity contribution in [1.82, 2.24) is 5.32 Å². The Hall–Kier alpha value is -0.930. The molecule has 1 aromatic carbocycles. The first-order valence-corrected chi connectivity index (χ1v) is 6.86. The van der Waals surface area contributed by atoms with E-state index < -0.39 is 0 Å². The van der Waals surface area contributed by atoms with Gasteiger partial charge in [0.1, 0.15) is 5.82 Å². The minimum atomic E-state index is -0.114. The summed E-state index contributed by atoms with van der Waals surface area (Å²) in [7, 11) is 0. The zero-order valence-corrected chi connectivity index (χ0v) is 11.0. The Balaban J connectivity index is 1.91. The van der Waals surface area contributed by atoms with Crippen molar-refractivity contribution in [3.8, 4) is 0 Å². The average molecular weight is 251 g/mol. The normalized spacial score (nSPS) is 21.8. The van der Waals surface area contributed by atoms with Crippen molar-refractivity contribution >= 4 is 0 Å². The van der Waals surface area contributed by atoms with E-state index in [0.29, 0.717) is 5.92 Å². The van der Waals surface area contributed by atoms with Gasteiger partial charge in [-0.3, -0.25) is 0 Å². The third-order valence-electron chi connectivity index (χ3n) is 3.60. The molecule has 1 saturated heterocycles. The maximum absolute atomic E-state index is 13.7. The number of nitrogens with one attached hydrogen (secondary N) is 1. The molecule has 0 radical (unpaired) electrons. The van der Waals surface area contributed by atoms with E-state index in [9.17, 15) is 4.39 Å². The van der Waals surface area contributed by atoms with Crippen LogP contribution >= 0.6 is 0 Å². The molecule has 0 spiro atoms. The molecule has 2 nitrogen and oxygen atoms in total. The lowest BCUT2D eigenvalue weighted by molar-refractivity contribution is 0.0537. The molecule has 0 bridgehead atoms. The SMILES string of the molecule is CCC(NCC1CCCOC1)c1ccccc1F. The number of halogens is 1. The predicted molar refractivity (Wildman–Crippen MR) is 71.0 cm³/mol. The van der Waals surface area contributed by atoms with Crippen LogP contribution in [0.25, 0.3) is 0 Å². The molecule has 1 N–H and O–H groups in total. The molecule has 0 amide bonds. The van der Waals surface area contributed by atoms with E-state index in [2.05, 4.69) is 12.2 Å². The number of benzene rings is 1. The van der Waals surface area contributed by atoms with Crippen LogP contribution in [-0.4, -0.2) is 19.8 Å². The molecule has 1 aromatic rings. The highest BCUT2D eigenvalue weighted by Gasteiger charge is 2.17. The molecule has 1 aliphatic heterocycles. The molecule has 1 fully saturated rings. The maximum atomic E-state index is 13.7. The molecular formula is C15H22FNO. The van der Waals surface area contributed by atoms with Gasteiger partial charge in [0.25, 0.3) is 0 Å². The van der Waals surface area contributed by atoms with Gasteiger partial charge in [-0.15, -0.1) is 0 Å². The highest BCUT2D eigenvalue weighted by atomic mass is 19.1. The Kier molecular flexibility index (Phi) is 5.14. The average Bonchev–Trinajstić information content (AvgIpc) is 2.42. The van der Waals surface area contributed by atoms with E-state index in [1.54, 1.807) is 6.07 Å². The fourth-order valence-corrected chi connectivity index (χ4v) is 2.51. The van der Waals surface area contributed by atoms with Gasteiger partial charge in [0.2, 0.25) is 0 Å². The molecule has 18 heavy (non-hydrogen) atoms. The van der Waals surface area contributed by atoms with Crippen LogP contribution in [0.15, 0.2) is 24.3 Å². The van der Waals surface area contributed by atoms with E-state index >= 15 is 0 Å². The van der Waals surface area contributed by atoms with Gasteiger partial charge in [0.15, 0.2) is 0 Å². The first kappa shape index (κ1) is 13.5. The van der Waals surface area contributed by atoms with Gasteiger partial charge in [-0.2, -0.15) is 0 Å². The second kappa shape index (κ2) is 6.86. The number of hydrogen-bond acceptors (Lipinski definition) is 2. The van der Waals surface area contributed by atoms with Crippen LogP contribution in [-0.2, 0) is 4.74 Å². The molecule has 3 heteroatoms. The Bertz CT molecular complexity index is 363. The fourth-order valence-electron chi connectivity index (χ4n) is 2.51. The van der Waals surface area contributed by atoms with Gasteiger partial charge in [0.05, 0.1) is 6.61 Å². The summed E-state index contributed by atoms with van der Waals surface area (Å²) in [5.41, 5.74) is 0.775. The number of hydrogen-bond donors (Lipinski definition) is 1. The van der Waals surface area contributed by atoms with Crippen molar-refractivity contribution in [2.45, 2.75) is 32.2 Å². The highest BCUT2D eigenvalue weighted by molar-refractivity contribution is 5.21. The summed E-state index contributed by atoms with van der Waals surface area (Å²) in [6, 6.07) is 7.14. The molecule has 0 aromatic heterocycles. The standard InChI is InChI=1S/C15H22FNO/c1-2-15(13-7-3-4-8-14(13)16)17-10-12-6-5-9-18-11-12/h3-4,7-8,12,15,17H,2,5-6,9-11H2,1H3. The molecule has 1 aliphatic rings. The molecule has 2 atom stereocenters. The Morgan fingerprint density at radius 2 is 2.28 bits per heavy atom. The van der Waals surface area contributed by atoms with Gasteiger partial charge in [-0.1, -0.05) is 25.1 Å². The third-order valence-corrected chi connectivity index (χ3v) is 3.60. The summed E-state index contributed by atoms with van der Waals surface area (Å²) in [6.45, 7) is 4.72. The van der Waals surface area contributed by atoms with Crippen LogP contribution in [0.5, 0.6) is 0 Å².